The van der Waals surface area contributed by atoms with E-state index in [2.05, 4.69) is 17.2 Å². The van der Waals surface area contributed by atoms with Crippen LogP contribution in [0.1, 0.15) is 53.2 Å². The Kier molecular flexibility index (Phi) is 4.73. The minimum absolute atomic E-state index is 0.102. The zero-order chi connectivity index (χ0) is 15.4. The molecule has 1 aliphatic rings. The summed E-state index contributed by atoms with van der Waals surface area (Å²) in [6, 6.07) is 7.52. The Morgan fingerprint density at radius 2 is 2.32 bits per heavy atom. The van der Waals surface area contributed by atoms with Crippen LogP contribution in [0, 0.1) is 0 Å². The number of nitrogens with zero attached hydrogens (tertiary/aromatic N) is 1. The molecule has 0 spiro atoms. The summed E-state index contributed by atoms with van der Waals surface area (Å²) in [5, 5.41) is 4.00. The van der Waals surface area contributed by atoms with Gasteiger partial charge in [-0.3, -0.25) is 4.79 Å². The fraction of sp³-hybridized carbons (Fsp3) is 0.412. The summed E-state index contributed by atoms with van der Waals surface area (Å²) in [5.41, 5.74) is 0.750. The second-order valence-corrected chi connectivity index (χ2v) is 6.58. The van der Waals surface area contributed by atoms with Crippen molar-refractivity contribution in [3.63, 3.8) is 0 Å². The number of ether oxygens (including phenoxy) is 1. The fourth-order valence-electron chi connectivity index (χ4n) is 2.10. The molecular weight excluding hydrogens is 296 g/mol. The highest BCUT2D eigenvalue weighted by Gasteiger charge is 2.27. The molecule has 1 amide bonds. The summed E-state index contributed by atoms with van der Waals surface area (Å²) in [4.78, 5) is 17.3. The van der Waals surface area contributed by atoms with Crippen LogP contribution in [0.25, 0.3) is 0 Å². The largest absolute Gasteiger partial charge is 0.494 e. The van der Waals surface area contributed by atoms with E-state index in [9.17, 15) is 4.79 Å². The molecule has 1 saturated carbocycles. The van der Waals surface area contributed by atoms with E-state index in [-0.39, 0.29) is 5.91 Å². The molecule has 0 radical (unpaired) electrons. The molecule has 0 atom stereocenters. The smallest absolute Gasteiger partial charge is 0.267 e. The Balaban J connectivity index is 1.61. The van der Waals surface area contributed by atoms with E-state index in [4.69, 9.17) is 4.74 Å². The first-order chi connectivity index (χ1) is 10.8. The van der Waals surface area contributed by atoms with E-state index in [0.29, 0.717) is 17.4 Å². The number of hydrogen-bond donors (Lipinski definition) is 1. The summed E-state index contributed by atoms with van der Waals surface area (Å²) in [6.07, 6.45) is 6.21. The first-order valence-electron chi connectivity index (χ1n) is 7.76. The molecule has 1 fully saturated rings. The Labute approximate surface area is 134 Å². The van der Waals surface area contributed by atoms with Gasteiger partial charge in [0.1, 0.15) is 10.6 Å². The molecule has 22 heavy (non-hydrogen) atoms. The average Bonchev–Trinajstić information content (AvgIpc) is 3.25. The number of rotatable bonds is 7. The second-order valence-electron chi connectivity index (χ2n) is 5.52. The van der Waals surface area contributed by atoms with Crippen LogP contribution < -0.4 is 10.1 Å². The maximum absolute atomic E-state index is 12.3. The normalized spacial score (nSPS) is 13.9. The SMILES string of the molecule is CCCCOc1cccc(NC(=O)c2cnc(C3CC3)s2)c1. The minimum Gasteiger partial charge on any atom is -0.494 e. The molecule has 1 aromatic carbocycles. The lowest BCUT2D eigenvalue weighted by Gasteiger charge is -2.08. The quantitative estimate of drug-likeness (QED) is 0.768. The number of anilines is 1. The summed E-state index contributed by atoms with van der Waals surface area (Å²) >= 11 is 1.50. The molecule has 0 aliphatic heterocycles. The van der Waals surface area contributed by atoms with Crippen LogP contribution in [0.15, 0.2) is 30.5 Å². The van der Waals surface area contributed by atoms with Crippen molar-refractivity contribution in [2.45, 2.75) is 38.5 Å². The molecule has 4 nitrogen and oxygen atoms in total. The third-order valence-electron chi connectivity index (χ3n) is 3.53. The van der Waals surface area contributed by atoms with Crippen LogP contribution >= 0.6 is 11.3 Å². The highest BCUT2D eigenvalue weighted by molar-refractivity contribution is 7.13. The molecule has 1 aromatic heterocycles. The molecule has 116 valence electrons. The highest BCUT2D eigenvalue weighted by atomic mass is 32.1. The molecule has 2 aromatic rings. The van der Waals surface area contributed by atoms with Gasteiger partial charge in [0.25, 0.3) is 5.91 Å². The molecule has 5 heteroatoms. The van der Waals surface area contributed by atoms with Gasteiger partial charge in [-0.1, -0.05) is 19.4 Å². The molecule has 0 unspecified atom stereocenters. The van der Waals surface area contributed by atoms with Crippen LogP contribution in [0.2, 0.25) is 0 Å². The van der Waals surface area contributed by atoms with Crippen molar-refractivity contribution in [1.82, 2.24) is 4.98 Å². The summed E-state index contributed by atoms with van der Waals surface area (Å²) in [6.45, 7) is 2.83. The van der Waals surface area contributed by atoms with Crippen LogP contribution in [0.3, 0.4) is 0 Å². The van der Waals surface area contributed by atoms with E-state index in [1.54, 1.807) is 6.20 Å². The van der Waals surface area contributed by atoms with Crippen molar-refractivity contribution >= 4 is 22.9 Å². The zero-order valence-corrected chi connectivity index (χ0v) is 13.5. The zero-order valence-electron chi connectivity index (χ0n) is 12.7. The van der Waals surface area contributed by atoms with Gasteiger partial charge in [-0.15, -0.1) is 11.3 Å². The highest BCUT2D eigenvalue weighted by Crippen LogP contribution is 2.41. The molecule has 1 N–H and O–H groups in total. The lowest BCUT2D eigenvalue weighted by molar-refractivity contribution is 0.103. The predicted molar refractivity (Wildman–Crippen MR) is 88.9 cm³/mol. The van der Waals surface area contributed by atoms with Gasteiger partial charge in [-0.2, -0.15) is 0 Å². The van der Waals surface area contributed by atoms with Crippen LogP contribution in [0.4, 0.5) is 5.69 Å². The number of amides is 1. The Hall–Kier alpha value is -1.88. The molecule has 0 saturated heterocycles. The predicted octanol–water partition coefficient (Wildman–Crippen LogP) is 4.45. The van der Waals surface area contributed by atoms with E-state index in [1.165, 1.54) is 24.2 Å². The number of aromatic nitrogens is 1. The van der Waals surface area contributed by atoms with Gasteiger partial charge in [0.15, 0.2) is 0 Å². The third kappa shape index (κ3) is 3.85. The number of benzene rings is 1. The van der Waals surface area contributed by atoms with E-state index in [0.717, 1.165) is 29.3 Å². The van der Waals surface area contributed by atoms with E-state index < -0.39 is 0 Å². The Morgan fingerprint density at radius 1 is 1.45 bits per heavy atom. The monoisotopic (exact) mass is 316 g/mol. The average molecular weight is 316 g/mol. The maximum Gasteiger partial charge on any atom is 0.267 e. The van der Waals surface area contributed by atoms with Crippen molar-refractivity contribution < 1.29 is 9.53 Å². The number of hydrogen-bond acceptors (Lipinski definition) is 4. The first-order valence-corrected chi connectivity index (χ1v) is 8.58. The van der Waals surface area contributed by atoms with Crippen LogP contribution in [-0.2, 0) is 0 Å². The number of nitrogens with one attached hydrogen (secondary N) is 1. The lowest BCUT2D eigenvalue weighted by atomic mass is 10.3. The topological polar surface area (TPSA) is 51.2 Å². The summed E-state index contributed by atoms with van der Waals surface area (Å²) < 4.78 is 5.66. The van der Waals surface area contributed by atoms with Crippen molar-refractivity contribution in [3.05, 3.63) is 40.3 Å². The first kappa shape index (κ1) is 15.0. The molecule has 1 heterocycles. The van der Waals surface area contributed by atoms with Gasteiger partial charge >= 0.3 is 0 Å². The fourth-order valence-corrected chi connectivity index (χ4v) is 3.08. The van der Waals surface area contributed by atoms with Gasteiger partial charge in [0, 0.05) is 17.7 Å². The second kappa shape index (κ2) is 6.92. The number of carbonyl (C=O) groups is 1. The third-order valence-corrected chi connectivity index (χ3v) is 4.69. The molecular formula is C17H20N2O2S. The van der Waals surface area contributed by atoms with Crippen molar-refractivity contribution in [2.24, 2.45) is 0 Å². The lowest BCUT2D eigenvalue weighted by Crippen LogP contribution is -2.10. The standard InChI is InChI=1S/C17H20N2O2S/c1-2-3-9-21-14-6-4-5-13(10-14)19-16(20)15-11-18-17(22-15)12-7-8-12/h4-6,10-12H,2-3,7-9H2,1H3,(H,19,20). The summed E-state index contributed by atoms with van der Waals surface area (Å²) in [5.74, 6) is 1.27. The van der Waals surface area contributed by atoms with Gasteiger partial charge in [0.2, 0.25) is 0 Å². The van der Waals surface area contributed by atoms with E-state index >= 15 is 0 Å². The van der Waals surface area contributed by atoms with Gasteiger partial charge in [-0.05, 0) is 31.4 Å². The number of unbranched alkanes of at least 4 members (excludes halogenated alkanes) is 1. The maximum atomic E-state index is 12.3. The number of thiazole rings is 1. The van der Waals surface area contributed by atoms with Crippen molar-refractivity contribution in [2.75, 3.05) is 11.9 Å². The Bertz CT molecular complexity index is 650. The van der Waals surface area contributed by atoms with E-state index in [1.807, 2.05) is 24.3 Å². The van der Waals surface area contributed by atoms with Crippen molar-refractivity contribution in [1.29, 1.82) is 0 Å². The van der Waals surface area contributed by atoms with Gasteiger partial charge < -0.3 is 10.1 Å². The van der Waals surface area contributed by atoms with Gasteiger partial charge in [0.05, 0.1) is 17.8 Å². The molecule has 1 aliphatic carbocycles. The Morgan fingerprint density at radius 3 is 3.09 bits per heavy atom. The van der Waals surface area contributed by atoms with Crippen LogP contribution in [0.5, 0.6) is 5.75 Å². The van der Waals surface area contributed by atoms with Gasteiger partial charge in [-0.25, -0.2) is 4.98 Å². The van der Waals surface area contributed by atoms with Crippen molar-refractivity contribution in [3.8, 4) is 5.75 Å². The van der Waals surface area contributed by atoms with Crippen LogP contribution in [-0.4, -0.2) is 17.5 Å². The minimum atomic E-state index is -0.102. The number of carbonyl (C=O) groups excluding carboxylic acids is 1. The molecule has 3 rings (SSSR count). The summed E-state index contributed by atoms with van der Waals surface area (Å²) in [7, 11) is 0. The molecule has 0 bridgehead atoms.